The third-order valence-corrected chi connectivity index (χ3v) is 4.87. The molecule has 166 valence electrons. The van der Waals surface area contributed by atoms with Crippen molar-refractivity contribution in [1.29, 1.82) is 0 Å². The third kappa shape index (κ3) is 8.10. The van der Waals surface area contributed by atoms with Crippen molar-refractivity contribution in [3.63, 3.8) is 0 Å². The second-order valence-electron chi connectivity index (χ2n) is 7.23. The van der Waals surface area contributed by atoms with Gasteiger partial charge in [0, 0.05) is 38.6 Å². The summed E-state index contributed by atoms with van der Waals surface area (Å²) in [4.78, 5) is 4.74. The molecule has 1 aromatic heterocycles. The van der Waals surface area contributed by atoms with E-state index in [9.17, 15) is 0 Å². The van der Waals surface area contributed by atoms with Crippen LogP contribution in [0, 0.1) is 12.8 Å². The van der Waals surface area contributed by atoms with Crippen molar-refractivity contribution in [2.75, 3.05) is 39.5 Å². The van der Waals surface area contributed by atoms with E-state index in [-0.39, 0.29) is 24.0 Å². The Kier molecular flexibility index (Phi) is 10.9. The van der Waals surface area contributed by atoms with Gasteiger partial charge in [0.2, 0.25) is 0 Å². The molecule has 8 nitrogen and oxygen atoms in total. The van der Waals surface area contributed by atoms with Crippen molar-refractivity contribution < 1.29 is 9.47 Å². The van der Waals surface area contributed by atoms with Gasteiger partial charge in [0.1, 0.15) is 24.5 Å². The highest BCUT2D eigenvalue weighted by molar-refractivity contribution is 14.0. The first-order chi connectivity index (χ1) is 14.2. The van der Waals surface area contributed by atoms with Crippen molar-refractivity contribution >= 4 is 29.9 Å². The molecule has 0 amide bonds. The number of aryl methyl sites for hydroxylation is 2. The fraction of sp³-hybridized carbons (Fsp3) is 0.571. The van der Waals surface area contributed by atoms with E-state index in [4.69, 9.17) is 14.5 Å². The van der Waals surface area contributed by atoms with E-state index in [2.05, 4.69) is 51.4 Å². The van der Waals surface area contributed by atoms with Crippen molar-refractivity contribution in [2.45, 2.75) is 33.2 Å². The maximum atomic E-state index is 5.80. The molecule has 30 heavy (non-hydrogen) atoms. The summed E-state index contributed by atoms with van der Waals surface area (Å²) in [6.45, 7) is 9.34. The first-order valence-corrected chi connectivity index (χ1v) is 10.4. The Labute approximate surface area is 195 Å². The Morgan fingerprint density at radius 1 is 1.27 bits per heavy atom. The lowest BCUT2D eigenvalue weighted by Gasteiger charge is -2.15. The number of nitrogens with one attached hydrogen (secondary N) is 2. The molecule has 1 saturated heterocycles. The van der Waals surface area contributed by atoms with Crippen LogP contribution >= 0.6 is 24.0 Å². The van der Waals surface area contributed by atoms with E-state index in [1.54, 1.807) is 6.33 Å². The van der Waals surface area contributed by atoms with Gasteiger partial charge in [-0.05, 0) is 25.5 Å². The molecule has 3 rings (SSSR count). The quantitative estimate of drug-likeness (QED) is 0.213. The monoisotopic (exact) mass is 528 g/mol. The smallest absolute Gasteiger partial charge is 0.191 e. The summed E-state index contributed by atoms with van der Waals surface area (Å²) in [6.07, 6.45) is 3.72. The molecule has 0 saturated carbocycles. The lowest BCUT2D eigenvalue weighted by molar-refractivity contribution is 0.187. The van der Waals surface area contributed by atoms with Crippen molar-refractivity contribution in [3.05, 3.63) is 42.0 Å². The summed E-state index contributed by atoms with van der Waals surface area (Å²) >= 11 is 0. The van der Waals surface area contributed by atoms with Gasteiger partial charge in [-0.2, -0.15) is 0 Å². The predicted octanol–water partition coefficient (Wildman–Crippen LogP) is 2.42. The lowest BCUT2D eigenvalue weighted by atomic mass is 10.1. The Hall–Kier alpha value is -1.88. The van der Waals surface area contributed by atoms with Gasteiger partial charge < -0.3 is 24.7 Å². The molecular formula is C21H33IN6O2. The normalized spacial score (nSPS) is 16.2. The number of ether oxygens (including phenoxy) is 2. The number of rotatable bonds is 10. The van der Waals surface area contributed by atoms with Gasteiger partial charge in [0.05, 0.1) is 13.2 Å². The first-order valence-electron chi connectivity index (χ1n) is 10.4. The number of aromatic nitrogens is 3. The van der Waals surface area contributed by atoms with Gasteiger partial charge in [0.15, 0.2) is 5.96 Å². The molecule has 1 fully saturated rings. The highest BCUT2D eigenvalue weighted by Crippen LogP contribution is 2.12. The van der Waals surface area contributed by atoms with E-state index in [0.29, 0.717) is 19.1 Å². The Morgan fingerprint density at radius 3 is 2.80 bits per heavy atom. The Morgan fingerprint density at radius 2 is 2.07 bits per heavy atom. The van der Waals surface area contributed by atoms with Crippen LogP contribution in [0.4, 0.5) is 0 Å². The van der Waals surface area contributed by atoms with Crippen LogP contribution in [-0.4, -0.2) is 60.2 Å². The van der Waals surface area contributed by atoms with Crippen molar-refractivity contribution in [2.24, 2.45) is 10.9 Å². The fourth-order valence-corrected chi connectivity index (χ4v) is 3.13. The molecule has 1 aliphatic heterocycles. The fourth-order valence-electron chi connectivity index (χ4n) is 3.13. The average Bonchev–Trinajstić information content (AvgIpc) is 3.41. The summed E-state index contributed by atoms with van der Waals surface area (Å²) in [5, 5.41) is 14.9. The van der Waals surface area contributed by atoms with Crippen LogP contribution in [0.5, 0.6) is 5.75 Å². The average molecular weight is 528 g/mol. The predicted molar refractivity (Wildman–Crippen MR) is 129 cm³/mol. The zero-order valence-electron chi connectivity index (χ0n) is 17.8. The van der Waals surface area contributed by atoms with Gasteiger partial charge >= 0.3 is 0 Å². The van der Waals surface area contributed by atoms with E-state index in [1.807, 2.05) is 12.1 Å². The summed E-state index contributed by atoms with van der Waals surface area (Å²) in [6, 6.07) is 8.09. The van der Waals surface area contributed by atoms with E-state index >= 15 is 0 Å². The lowest BCUT2D eigenvalue weighted by Crippen LogP contribution is -2.41. The highest BCUT2D eigenvalue weighted by Gasteiger charge is 2.15. The molecule has 1 aliphatic rings. The van der Waals surface area contributed by atoms with Crippen LogP contribution in [-0.2, 0) is 17.7 Å². The number of hydrogen-bond acceptors (Lipinski definition) is 5. The molecule has 1 atom stereocenters. The molecule has 1 aromatic carbocycles. The summed E-state index contributed by atoms with van der Waals surface area (Å²) < 4.78 is 13.3. The molecular weight excluding hydrogens is 495 g/mol. The molecule has 1 unspecified atom stereocenters. The zero-order valence-corrected chi connectivity index (χ0v) is 20.2. The number of halogens is 1. The Bertz CT molecular complexity index is 759. The van der Waals surface area contributed by atoms with E-state index < -0.39 is 0 Å². The topological polar surface area (TPSA) is 85.6 Å². The van der Waals surface area contributed by atoms with Gasteiger partial charge in [0.25, 0.3) is 0 Å². The largest absolute Gasteiger partial charge is 0.492 e. The molecule has 2 N–H and O–H groups in total. The second kappa shape index (κ2) is 13.4. The van der Waals surface area contributed by atoms with Gasteiger partial charge in [-0.3, -0.25) is 4.99 Å². The minimum atomic E-state index is 0. The summed E-state index contributed by atoms with van der Waals surface area (Å²) in [5.41, 5.74) is 1.23. The Balaban J connectivity index is 0.00000320. The maximum absolute atomic E-state index is 5.80. The molecule has 2 heterocycles. The van der Waals surface area contributed by atoms with Crippen LogP contribution in [0.25, 0.3) is 0 Å². The van der Waals surface area contributed by atoms with E-state index in [1.165, 1.54) is 5.56 Å². The third-order valence-electron chi connectivity index (χ3n) is 4.87. The molecule has 2 aromatic rings. The number of aliphatic imine (C=N–C) groups is 1. The van der Waals surface area contributed by atoms with Crippen LogP contribution < -0.4 is 15.4 Å². The summed E-state index contributed by atoms with van der Waals surface area (Å²) in [7, 11) is 0. The molecule has 0 bridgehead atoms. The maximum Gasteiger partial charge on any atom is 0.191 e. The molecule has 0 aliphatic carbocycles. The van der Waals surface area contributed by atoms with Gasteiger partial charge in [-0.25, -0.2) is 0 Å². The SMILES string of the molecule is CCc1nncn1CCNC(=NCC1CCOC1)NCCOc1ccc(C)cc1.I. The number of benzene rings is 1. The van der Waals surface area contributed by atoms with Crippen LogP contribution in [0.1, 0.15) is 24.7 Å². The van der Waals surface area contributed by atoms with Crippen LogP contribution in [0.2, 0.25) is 0 Å². The zero-order chi connectivity index (χ0) is 20.3. The number of nitrogens with zero attached hydrogens (tertiary/aromatic N) is 4. The highest BCUT2D eigenvalue weighted by atomic mass is 127. The van der Waals surface area contributed by atoms with Gasteiger partial charge in [-0.1, -0.05) is 24.6 Å². The number of hydrogen-bond donors (Lipinski definition) is 2. The molecule has 0 radical (unpaired) electrons. The minimum absolute atomic E-state index is 0. The van der Waals surface area contributed by atoms with E-state index in [0.717, 1.165) is 63.2 Å². The number of guanidine groups is 1. The second-order valence-corrected chi connectivity index (χ2v) is 7.23. The standard InChI is InChI=1S/C21H32N6O2.HI/c1-3-20-26-25-16-27(20)11-9-22-21(24-14-18-8-12-28-15-18)23-10-13-29-19-6-4-17(2)5-7-19;/h4-7,16,18H,3,8-15H2,1-2H3,(H2,22,23,24);1H. The van der Waals surface area contributed by atoms with Crippen molar-refractivity contribution in [1.82, 2.24) is 25.4 Å². The summed E-state index contributed by atoms with van der Waals surface area (Å²) in [5.74, 6) is 3.18. The van der Waals surface area contributed by atoms with Gasteiger partial charge in [-0.15, -0.1) is 34.2 Å². The van der Waals surface area contributed by atoms with Crippen LogP contribution in [0.3, 0.4) is 0 Å². The minimum Gasteiger partial charge on any atom is -0.492 e. The molecule has 9 heteroatoms. The van der Waals surface area contributed by atoms with Crippen molar-refractivity contribution in [3.8, 4) is 5.75 Å². The first kappa shape index (κ1) is 24.4. The molecule has 0 spiro atoms. The van der Waals surface area contributed by atoms with Crippen LogP contribution in [0.15, 0.2) is 35.6 Å².